The Morgan fingerprint density at radius 2 is 2.23 bits per heavy atom. The first-order chi connectivity index (χ1) is 5.95. The molecule has 0 bridgehead atoms. The highest BCUT2D eigenvalue weighted by Gasteiger charge is 2.40. The molecule has 2 heteroatoms. The van der Waals surface area contributed by atoms with E-state index in [-0.39, 0.29) is 17.5 Å². The molecule has 0 aliphatic heterocycles. The molecule has 0 heterocycles. The molecule has 0 aromatic carbocycles. The lowest BCUT2D eigenvalue weighted by Gasteiger charge is -2.25. The van der Waals surface area contributed by atoms with Crippen molar-refractivity contribution in [3.8, 4) is 0 Å². The van der Waals surface area contributed by atoms with Gasteiger partial charge in [0.15, 0.2) is 0 Å². The van der Waals surface area contributed by atoms with Crippen molar-refractivity contribution in [1.29, 1.82) is 0 Å². The summed E-state index contributed by atoms with van der Waals surface area (Å²) in [6.45, 7) is 9.89. The molecule has 0 saturated heterocycles. The largest absolute Gasteiger partial charge is 0.459 e. The Morgan fingerprint density at radius 3 is 2.62 bits per heavy atom. The van der Waals surface area contributed by atoms with E-state index in [2.05, 4.69) is 27.4 Å². The van der Waals surface area contributed by atoms with Crippen molar-refractivity contribution in [1.82, 2.24) is 0 Å². The van der Waals surface area contributed by atoms with Crippen LogP contribution in [0.1, 0.15) is 33.6 Å². The predicted octanol–water partition coefficient (Wildman–Crippen LogP) is 2.54. The highest BCUT2D eigenvalue weighted by Crippen LogP contribution is 2.42. The van der Waals surface area contributed by atoms with Crippen molar-refractivity contribution in [2.45, 2.75) is 39.7 Å². The molecule has 13 heavy (non-hydrogen) atoms. The Bertz CT molecular complexity index is 218. The van der Waals surface area contributed by atoms with Gasteiger partial charge in [-0.1, -0.05) is 27.4 Å². The molecule has 2 unspecified atom stereocenters. The van der Waals surface area contributed by atoms with Gasteiger partial charge in [0.05, 0.1) is 0 Å². The maximum atomic E-state index is 11.0. The van der Waals surface area contributed by atoms with E-state index < -0.39 is 0 Å². The number of carbonyl (C=O) groups excluding carboxylic acids is 1. The van der Waals surface area contributed by atoms with Crippen molar-refractivity contribution in [3.63, 3.8) is 0 Å². The molecule has 74 valence electrons. The zero-order valence-corrected chi connectivity index (χ0v) is 8.67. The van der Waals surface area contributed by atoms with Crippen LogP contribution in [0, 0.1) is 11.3 Å². The number of hydrogen-bond acceptors (Lipinski definition) is 2. The van der Waals surface area contributed by atoms with Crippen molar-refractivity contribution in [2.24, 2.45) is 11.3 Å². The lowest BCUT2D eigenvalue weighted by molar-refractivity contribution is -0.147. The van der Waals surface area contributed by atoms with Gasteiger partial charge in [0.25, 0.3) is 0 Å². The first-order valence-corrected chi connectivity index (χ1v) is 4.79. The second kappa shape index (κ2) is 3.52. The van der Waals surface area contributed by atoms with Gasteiger partial charge in [-0.2, -0.15) is 0 Å². The van der Waals surface area contributed by atoms with E-state index in [1.807, 2.05) is 0 Å². The summed E-state index contributed by atoms with van der Waals surface area (Å²) in [4.78, 5) is 11.0. The van der Waals surface area contributed by atoms with E-state index in [1.165, 1.54) is 6.08 Å². The Hall–Kier alpha value is -0.790. The second-order valence-corrected chi connectivity index (χ2v) is 4.66. The SMILES string of the molecule is C=CC(=O)OC1CC(C)CC1(C)C. The molecule has 0 aromatic rings. The smallest absolute Gasteiger partial charge is 0.330 e. The first-order valence-electron chi connectivity index (χ1n) is 4.79. The third-order valence-corrected chi connectivity index (χ3v) is 2.79. The van der Waals surface area contributed by atoms with Gasteiger partial charge in [-0.05, 0) is 18.8 Å². The molecule has 1 aliphatic rings. The van der Waals surface area contributed by atoms with Gasteiger partial charge in [-0.25, -0.2) is 4.79 Å². The van der Waals surface area contributed by atoms with Crippen LogP contribution in [-0.2, 0) is 9.53 Å². The zero-order valence-electron chi connectivity index (χ0n) is 8.67. The number of carbonyl (C=O) groups is 1. The maximum absolute atomic E-state index is 11.0. The lowest BCUT2D eigenvalue weighted by atomic mass is 9.88. The zero-order chi connectivity index (χ0) is 10.1. The van der Waals surface area contributed by atoms with Crippen molar-refractivity contribution in [2.75, 3.05) is 0 Å². The summed E-state index contributed by atoms with van der Waals surface area (Å²) >= 11 is 0. The van der Waals surface area contributed by atoms with E-state index >= 15 is 0 Å². The molecule has 0 spiro atoms. The summed E-state index contributed by atoms with van der Waals surface area (Å²) in [5, 5.41) is 0. The molecule has 1 saturated carbocycles. The van der Waals surface area contributed by atoms with Crippen LogP contribution in [0.2, 0.25) is 0 Å². The minimum atomic E-state index is -0.299. The summed E-state index contributed by atoms with van der Waals surface area (Å²) in [5.74, 6) is 0.352. The second-order valence-electron chi connectivity index (χ2n) is 4.66. The molecule has 0 aromatic heterocycles. The Morgan fingerprint density at radius 1 is 1.62 bits per heavy atom. The van der Waals surface area contributed by atoms with Gasteiger partial charge in [0.2, 0.25) is 0 Å². The van der Waals surface area contributed by atoms with Gasteiger partial charge < -0.3 is 4.74 Å². The summed E-state index contributed by atoms with van der Waals surface area (Å²) < 4.78 is 5.29. The average molecular weight is 182 g/mol. The fourth-order valence-corrected chi connectivity index (χ4v) is 2.19. The fraction of sp³-hybridized carbons (Fsp3) is 0.727. The molecule has 1 fully saturated rings. The Kier molecular flexibility index (Phi) is 2.79. The van der Waals surface area contributed by atoms with Gasteiger partial charge in [0, 0.05) is 11.5 Å². The van der Waals surface area contributed by atoms with Crippen molar-refractivity contribution >= 4 is 5.97 Å². The number of hydrogen-bond donors (Lipinski definition) is 0. The molecule has 1 aliphatic carbocycles. The molecular weight excluding hydrogens is 164 g/mol. The molecule has 1 rings (SSSR count). The van der Waals surface area contributed by atoms with E-state index in [4.69, 9.17) is 4.74 Å². The minimum absolute atomic E-state index is 0.0630. The fourth-order valence-electron chi connectivity index (χ4n) is 2.19. The Labute approximate surface area is 80.0 Å². The molecule has 0 amide bonds. The number of rotatable bonds is 2. The van der Waals surface area contributed by atoms with E-state index in [9.17, 15) is 4.79 Å². The van der Waals surface area contributed by atoms with Crippen LogP contribution < -0.4 is 0 Å². The van der Waals surface area contributed by atoms with Crippen LogP contribution in [0.25, 0.3) is 0 Å². The van der Waals surface area contributed by atoms with E-state index in [0.717, 1.165) is 12.8 Å². The molecule has 2 atom stereocenters. The third kappa shape index (κ3) is 2.33. The standard InChI is InChI=1S/C11H18O2/c1-5-10(12)13-9-6-8(2)7-11(9,3)4/h5,8-9H,1,6-7H2,2-4H3. The van der Waals surface area contributed by atoms with E-state index in [0.29, 0.717) is 5.92 Å². The summed E-state index contributed by atoms with van der Waals surface area (Å²) in [6.07, 6.45) is 3.40. The summed E-state index contributed by atoms with van der Waals surface area (Å²) in [6, 6.07) is 0. The molecule has 0 N–H and O–H groups in total. The summed E-state index contributed by atoms with van der Waals surface area (Å²) in [7, 11) is 0. The van der Waals surface area contributed by atoms with Crippen LogP contribution in [0.4, 0.5) is 0 Å². The van der Waals surface area contributed by atoms with Crippen LogP contribution in [0.3, 0.4) is 0 Å². The van der Waals surface area contributed by atoms with E-state index in [1.54, 1.807) is 0 Å². The molecular formula is C11H18O2. The van der Waals surface area contributed by atoms with Crippen molar-refractivity contribution in [3.05, 3.63) is 12.7 Å². The number of ether oxygens (including phenoxy) is 1. The van der Waals surface area contributed by atoms with Crippen LogP contribution in [-0.4, -0.2) is 12.1 Å². The molecule has 0 radical (unpaired) electrons. The third-order valence-electron chi connectivity index (χ3n) is 2.79. The van der Waals surface area contributed by atoms with Gasteiger partial charge in [-0.3, -0.25) is 0 Å². The van der Waals surface area contributed by atoms with Crippen LogP contribution in [0.5, 0.6) is 0 Å². The first kappa shape index (κ1) is 10.3. The topological polar surface area (TPSA) is 26.3 Å². The highest BCUT2D eigenvalue weighted by molar-refractivity contribution is 5.81. The predicted molar refractivity (Wildman–Crippen MR) is 52.3 cm³/mol. The van der Waals surface area contributed by atoms with Crippen molar-refractivity contribution < 1.29 is 9.53 Å². The minimum Gasteiger partial charge on any atom is -0.459 e. The number of esters is 1. The normalized spacial score (nSPS) is 31.3. The van der Waals surface area contributed by atoms with Gasteiger partial charge in [0.1, 0.15) is 6.10 Å². The highest BCUT2D eigenvalue weighted by atomic mass is 16.5. The summed E-state index contributed by atoms with van der Waals surface area (Å²) in [5.41, 5.74) is 0.123. The molecule has 2 nitrogen and oxygen atoms in total. The van der Waals surface area contributed by atoms with Crippen LogP contribution >= 0.6 is 0 Å². The van der Waals surface area contributed by atoms with Crippen LogP contribution in [0.15, 0.2) is 12.7 Å². The van der Waals surface area contributed by atoms with Gasteiger partial charge >= 0.3 is 5.97 Å². The van der Waals surface area contributed by atoms with Gasteiger partial charge in [-0.15, -0.1) is 0 Å². The maximum Gasteiger partial charge on any atom is 0.330 e. The average Bonchev–Trinajstić information content (AvgIpc) is 2.24. The lowest BCUT2D eigenvalue weighted by Crippen LogP contribution is -2.27. The monoisotopic (exact) mass is 182 g/mol. The quantitative estimate of drug-likeness (QED) is 0.484. The Balaban J connectivity index is 2.59.